The van der Waals surface area contributed by atoms with Crippen LogP contribution < -0.4 is 5.56 Å². The molecule has 1 atom stereocenters. The number of likely N-dealkylation sites (tertiary alicyclic amines) is 1. The lowest BCUT2D eigenvalue weighted by Crippen LogP contribution is -2.40. The van der Waals surface area contributed by atoms with Crippen molar-refractivity contribution < 1.29 is 4.79 Å². The molecule has 8 heteroatoms. The summed E-state index contributed by atoms with van der Waals surface area (Å²) < 4.78 is 1.69. The third-order valence-corrected chi connectivity index (χ3v) is 7.18. The van der Waals surface area contributed by atoms with Gasteiger partial charge in [-0.2, -0.15) is 0 Å². The summed E-state index contributed by atoms with van der Waals surface area (Å²) in [5.41, 5.74) is 4.00. The first-order chi connectivity index (χ1) is 17.8. The zero-order chi connectivity index (χ0) is 26.0. The Hall–Kier alpha value is -3.81. The number of rotatable bonds is 6. The van der Waals surface area contributed by atoms with Gasteiger partial charge in [-0.1, -0.05) is 80.6 Å². The molecule has 192 valence electrons. The lowest BCUT2D eigenvalue weighted by atomic mass is 9.87. The van der Waals surface area contributed by atoms with Crippen LogP contribution in [0.1, 0.15) is 68.5 Å². The van der Waals surface area contributed by atoms with E-state index in [1.807, 2.05) is 35.2 Å². The summed E-state index contributed by atoms with van der Waals surface area (Å²) in [5, 5.41) is 8.32. The molecule has 0 bridgehead atoms. The second kappa shape index (κ2) is 10.3. The summed E-state index contributed by atoms with van der Waals surface area (Å²) in [5.74, 6) is 0.716. The minimum atomic E-state index is -0.290. The molecular formula is C29H34N6O2. The summed E-state index contributed by atoms with van der Waals surface area (Å²) in [7, 11) is 0. The van der Waals surface area contributed by atoms with E-state index < -0.39 is 0 Å². The quantitative estimate of drug-likeness (QED) is 0.430. The van der Waals surface area contributed by atoms with Crippen molar-refractivity contribution in [1.29, 1.82) is 0 Å². The number of hydrogen-bond donors (Lipinski definition) is 1. The standard InChI is InChI=1S/C29H34N6O2/c1-29(2,3)23-14-11-21(12-15-23)18-35-27-25(32-33-35)28(37)31-26(30-27)22-10-7-17-34(19-22)24(36)16-13-20-8-5-4-6-9-20/h4-6,8-9,11-12,14-15,22H,7,10,13,16-19H2,1-3H3,(H,30,31,37). The van der Waals surface area contributed by atoms with Crippen molar-refractivity contribution in [3.05, 3.63) is 87.5 Å². The topological polar surface area (TPSA) is 96.8 Å². The molecule has 1 aliphatic rings. The molecule has 4 aromatic rings. The Morgan fingerprint density at radius 2 is 1.81 bits per heavy atom. The Bertz CT molecular complexity index is 1430. The molecule has 5 rings (SSSR count). The van der Waals surface area contributed by atoms with E-state index in [4.69, 9.17) is 4.98 Å². The Morgan fingerprint density at radius 1 is 1.05 bits per heavy atom. The number of aromatic nitrogens is 5. The van der Waals surface area contributed by atoms with Crippen LogP contribution in [0.15, 0.2) is 59.4 Å². The maximum atomic E-state index is 12.9. The van der Waals surface area contributed by atoms with Crippen molar-refractivity contribution in [3.8, 4) is 0 Å². The maximum absolute atomic E-state index is 12.9. The van der Waals surface area contributed by atoms with Gasteiger partial charge >= 0.3 is 0 Å². The highest BCUT2D eigenvalue weighted by atomic mass is 16.2. The van der Waals surface area contributed by atoms with E-state index in [1.165, 1.54) is 5.56 Å². The number of H-pyrrole nitrogens is 1. The van der Waals surface area contributed by atoms with Gasteiger partial charge in [0.05, 0.1) is 6.54 Å². The predicted molar refractivity (Wildman–Crippen MR) is 144 cm³/mol. The largest absolute Gasteiger partial charge is 0.342 e. The number of nitrogens with zero attached hydrogens (tertiary/aromatic N) is 5. The van der Waals surface area contributed by atoms with E-state index in [0.29, 0.717) is 31.0 Å². The van der Waals surface area contributed by atoms with E-state index in [9.17, 15) is 9.59 Å². The second-order valence-electron chi connectivity index (χ2n) is 11.0. The molecule has 1 saturated heterocycles. The highest BCUT2D eigenvalue weighted by Crippen LogP contribution is 2.26. The van der Waals surface area contributed by atoms with Gasteiger partial charge in [-0.15, -0.1) is 5.10 Å². The van der Waals surface area contributed by atoms with Crippen molar-refractivity contribution in [2.45, 2.75) is 64.3 Å². The van der Waals surface area contributed by atoms with Gasteiger partial charge in [0, 0.05) is 25.4 Å². The van der Waals surface area contributed by atoms with Crippen LogP contribution in [0.3, 0.4) is 0 Å². The van der Waals surface area contributed by atoms with Gasteiger partial charge < -0.3 is 9.88 Å². The van der Waals surface area contributed by atoms with Crippen molar-refractivity contribution in [3.63, 3.8) is 0 Å². The number of carbonyl (C=O) groups is 1. The molecule has 2 aromatic heterocycles. The minimum Gasteiger partial charge on any atom is -0.342 e. The summed E-state index contributed by atoms with van der Waals surface area (Å²) in [6.45, 7) is 8.33. The normalized spacial score (nSPS) is 16.3. The number of benzene rings is 2. The van der Waals surface area contributed by atoms with E-state index in [0.717, 1.165) is 36.9 Å². The molecule has 0 radical (unpaired) electrons. The smallest absolute Gasteiger partial charge is 0.281 e. The molecule has 3 heterocycles. The van der Waals surface area contributed by atoms with Crippen LogP contribution in [0.4, 0.5) is 0 Å². The number of carbonyl (C=O) groups excluding carboxylic acids is 1. The van der Waals surface area contributed by atoms with Crippen LogP contribution in [-0.2, 0) is 23.2 Å². The number of aromatic amines is 1. The van der Waals surface area contributed by atoms with Crippen LogP contribution in [-0.4, -0.2) is 48.9 Å². The summed E-state index contributed by atoms with van der Waals surface area (Å²) in [6.07, 6.45) is 2.95. The number of hydrogen-bond acceptors (Lipinski definition) is 5. The van der Waals surface area contributed by atoms with Gasteiger partial charge in [-0.25, -0.2) is 9.67 Å². The van der Waals surface area contributed by atoms with Crippen LogP contribution in [0.25, 0.3) is 11.2 Å². The lowest BCUT2D eigenvalue weighted by Gasteiger charge is -2.32. The Labute approximate surface area is 216 Å². The fourth-order valence-electron chi connectivity index (χ4n) is 4.95. The zero-order valence-corrected chi connectivity index (χ0v) is 21.8. The van der Waals surface area contributed by atoms with Crippen molar-refractivity contribution in [1.82, 2.24) is 29.9 Å². The molecule has 0 saturated carbocycles. The number of nitrogens with one attached hydrogen (secondary N) is 1. The molecule has 8 nitrogen and oxygen atoms in total. The van der Waals surface area contributed by atoms with Gasteiger partial charge in [0.1, 0.15) is 5.82 Å². The minimum absolute atomic E-state index is 0.0269. The van der Waals surface area contributed by atoms with Crippen molar-refractivity contribution in [2.75, 3.05) is 13.1 Å². The first kappa shape index (κ1) is 24.9. The molecular weight excluding hydrogens is 464 g/mol. The fraction of sp³-hybridized carbons (Fsp3) is 0.414. The number of piperidine rings is 1. The molecule has 0 aliphatic carbocycles. The highest BCUT2D eigenvalue weighted by Gasteiger charge is 2.27. The lowest BCUT2D eigenvalue weighted by molar-refractivity contribution is -0.132. The van der Waals surface area contributed by atoms with Gasteiger partial charge in [0.2, 0.25) is 5.91 Å². The molecule has 0 spiro atoms. The number of fused-ring (bicyclic) bond motifs is 1. The molecule has 1 fully saturated rings. The average molecular weight is 499 g/mol. The molecule has 1 N–H and O–H groups in total. The van der Waals surface area contributed by atoms with Crippen LogP contribution in [0, 0.1) is 0 Å². The molecule has 37 heavy (non-hydrogen) atoms. The molecule has 1 aliphatic heterocycles. The van der Waals surface area contributed by atoms with Crippen LogP contribution >= 0.6 is 0 Å². The molecule has 1 amide bonds. The van der Waals surface area contributed by atoms with Crippen LogP contribution in [0.2, 0.25) is 0 Å². The van der Waals surface area contributed by atoms with E-state index >= 15 is 0 Å². The number of amides is 1. The summed E-state index contributed by atoms with van der Waals surface area (Å²) >= 11 is 0. The van der Waals surface area contributed by atoms with Crippen molar-refractivity contribution >= 4 is 17.1 Å². The predicted octanol–water partition coefficient (Wildman–Crippen LogP) is 4.20. The average Bonchev–Trinajstić information content (AvgIpc) is 3.31. The Balaban J connectivity index is 1.32. The Morgan fingerprint density at radius 3 is 2.54 bits per heavy atom. The summed E-state index contributed by atoms with van der Waals surface area (Å²) in [4.78, 5) is 35.4. The SMILES string of the molecule is CC(C)(C)c1ccc(Cn2nnc3c(=O)[nH]c(C4CCCN(C(=O)CCc5ccccc5)C4)nc32)cc1. The number of aryl methyl sites for hydroxylation is 1. The third-order valence-electron chi connectivity index (χ3n) is 7.18. The summed E-state index contributed by atoms with van der Waals surface area (Å²) in [6, 6.07) is 18.5. The molecule has 1 unspecified atom stereocenters. The van der Waals surface area contributed by atoms with Gasteiger partial charge in [-0.05, 0) is 41.4 Å². The third kappa shape index (κ3) is 5.63. The molecule has 2 aromatic carbocycles. The fourth-order valence-corrected chi connectivity index (χ4v) is 4.95. The van der Waals surface area contributed by atoms with E-state index in [1.54, 1.807) is 4.68 Å². The second-order valence-corrected chi connectivity index (χ2v) is 11.0. The monoisotopic (exact) mass is 498 g/mol. The van der Waals surface area contributed by atoms with Gasteiger partial charge in [-0.3, -0.25) is 9.59 Å². The first-order valence-electron chi connectivity index (χ1n) is 13.0. The Kier molecular flexibility index (Phi) is 6.91. The highest BCUT2D eigenvalue weighted by molar-refractivity contribution is 5.76. The maximum Gasteiger partial charge on any atom is 0.281 e. The van der Waals surface area contributed by atoms with E-state index in [2.05, 4.69) is 60.3 Å². The first-order valence-corrected chi connectivity index (χ1v) is 13.0. The van der Waals surface area contributed by atoms with Crippen LogP contribution in [0.5, 0.6) is 0 Å². The van der Waals surface area contributed by atoms with E-state index in [-0.39, 0.29) is 28.3 Å². The van der Waals surface area contributed by atoms with Gasteiger partial charge in [0.15, 0.2) is 11.2 Å². The van der Waals surface area contributed by atoms with Crippen molar-refractivity contribution in [2.24, 2.45) is 0 Å². The van der Waals surface area contributed by atoms with Gasteiger partial charge in [0.25, 0.3) is 5.56 Å². The zero-order valence-electron chi connectivity index (χ0n) is 21.8.